The molecule has 8 rings (SSSR count). The van der Waals surface area contributed by atoms with Crippen LogP contribution in [-0.4, -0.2) is 57.9 Å². The van der Waals surface area contributed by atoms with E-state index in [-0.39, 0.29) is 32.2 Å². The first-order valence-electron chi connectivity index (χ1n) is 17.0. The summed E-state index contributed by atoms with van der Waals surface area (Å²) >= 11 is 0. The molecule has 6 heterocycles. The molecule has 0 unspecified atom stereocenters. The smallest absolute Gasteiger partial charge is 0.143 e. The number of nitrogens with zero attached hydrogens (tertiary/aromatic N) is 14. The van der Waals surface area contributed by atoms with Crippen LogP contribution in [0.4, 0.5) is 34.6 Å². The molecule has 0 amide bonds. The fourth-order valence-electron chi connectivity index (χ4n) is 5.61. The Balaban J connectivity index is 0.000000218. The molecule has 52 heavy (non-hydrogen) atoms. The predicted molar refractivity (Wildman–Crippen MR) is 192 cm³/mol. The predicted octanol–water partition coefficient (Wildman–Crippen LogP) is 5.23. The van der Waals surface area contributed by atoms with E-state index in [1.54, 1.807) is 38.8 Å². The molecule has 2 aliphatic rings. The number of unbranched alkanes of at least 4 members (excludes halogenated alkanes) is 1. The summed E-state index contributed by atoms with van der Waals surface area (Å²) in [4.78, 5) is 26.7. The zero-order valence-corrected chi connectivity index (χ0v) is 32.1. The van der Waals surface area contributed by atoms with Gasteiger partial charge in [0, 0.05) is 56.1 Å². The van der Waals surface area contributed by atoms with Gasteiger partial charge in [-0.25, -0.2) is 35.5 Å². The van der Waals surface area contributed by atoms with Crippen LogP contribution in [0.25, 0.3) is 11.4 Å². The quantitative estimate of drug-likeness (QED) is 0.103. The zero-order chi connectivity index (χ0) is 35.3. The number of fused-ring (bicyclic) bond motifs is 2. The van der Waals surface area contributed by atoms with Crippen LogP contribution in [0.3, 0.4) is 0 Å². The Morgan fingerprint density at radius 3 is 1.67 bits per heavy atom. The number of rotatable bonds is 10. The molecule has 1 radical (unpaired) electrons. The first kappa shape index (κ1) is 36.5. The van der Waals surface area contributed by atoms with Crippen molar-refractivity contribution in [3.05, 3.63) is 111 Å². The monoisotopic (exact) mass is 872 g/mol. The summed E-state index contributed by atoms with van der Waals surface area (Å²) in [7, 11) is 1.87. The summed E-state index contributed by atoms with van der Waals surface area (Å²) in [5, 5.41) is 12.4. The van der Waals surface area contributed by atoms with Gasteiger partial charge in [-0.1, -0.05) is 11.9 Å². The number of hydrogen-bond donors (Lipinski definition) is 0. The van der Waals surface area contributed by atoms with Gasteiger partial charge in [0.2, 0.25) is 0 Å². The van der Waals surface area contributed by atoms with Gasteiger partial charge in [-0.05, 0) is 53.6 Å². The maximum atomic E-state index is 4.58. The van der Waals surface area contributed by atoms with E-state index in [0.717, 1.165) is 66.3 Å². The SMILES string of the molecule is CC(C)n1[c-]c(-c2[c-][n+](C(C)C)nn2C)nn1.[Ir].[c-]1ccccc1N1[CH-]N(CCCCN2[CH-]N(c3[c-]cccc3)c3nccnc32)c2nccnc21. The third kappa shape index (κ3) is 7.80. The van der Waals surface area contributed by atoms with Crippen LogP contribution in [0.1, 0.15) is 52.6 Å². The van der Waals surface area contributed by atoms with Gasteiger partial charge < -0.3 is 24.3 Å². The van der Waals surface area contributed by atoms with Gasteiger partial charge in [-0.3, -0.25) is 5.10 Å². The van der Waals surface area contributed by atoms with Crippen LogP contribution < -0.4 is 24.3 Å². The van der Waals surface area contributed by atoms with E-state index >= 15 is 0 Å². The van der Waals surface area contributed by atoms with Crippen molar-refractivity contribution in [2.45, 2.75) is 52.6 Å². The number of aryl methyl sites for hydroxylation is 1. The molecule has 0 fully saturated rings. The van der Waals surface area contributed by atoms with E-state index in [0.29, 0.717) is 5.69 Å². The Bertz CT molecular complexity index is 1930. The average molecular weight is 872 g/mol. The van der Waals surface area contributed by atoms with E-state index in [1.165, 1.54) is 0 Å². The maximum Gasteiger partial charge on any atom is 0.143 e. The van der Waals surface area contributed by atoms with Gasteiger partial charge in [0.05, 0.1) is 13.1 Å². The Morgan fingerprint density at radius 2 is 1.25 bits per heavy atom. The van der Waals surface area contributed by atoms with Gasteiger partial charge >= 0.3 is 0 Å². The second kappa shape index (κ2) is 16.4. The van der Waals surface area contributed by atoms with E-state index in [9.17, 15) is 0 Å². The summed E-state index contributed by atoms with van der Waals surface area (Å²) in [5.74, 6) is 3.40. The van der Waals surface area contributed by atoms with Crippen LogP contribution >= 0.6 is 0 Å². The van der Waals surface area contributed by atoms with Gasteiger partial charge in [0.15, 0.2) is 0 Å². The van der Waals surface area contributed by atoms with E-state index in [4.69, 9.17) is 0 Å². The molecular weight excluding hydrogens is 833 g/mol. The molecule has 4 aromatic heterocycles. The molecular formula is C37H39IrN14-5. The minimum absolute atomic E-state index is 0. The molecule has 6 aromatic rings. The van der Waals surface area contributed by atoms with Crippen LogP contribution in [0, 0.1) is 37.9 Å². The number of anilines is 6. The molecule has 271 valence electrons. The van der Waals surface area contributed by atoms with E-state index in [2.05, 4.69) is 97.0 Å². The topological polar surface area (TPSA) is 117 Å². The Hall–Kier alpha value is -5.27. The standard InChI is InChI=1S/C26H22N8.C11H17N6.Ir/c1-3-9-21(10-4-1)33-19-31(23-25(33)29-15-13-27-23)17-7-8-18-32-20-34(22-11-5-2-6-12-22)26-24(32)28-14-16-30-26;1-8(2)16-6-10(12-13-16)11-7-17(9(3)4)14-15(11)5;/h1-6,9,11,13-16,19-20H,7-8,17-18H2;8-9H,1-5H3;/q-4;-1;. The van der Waals surface area contributed by atoms with Crippen molar-refractivity contribution in [3.63, 3.8) is 0 Å². The summed E-state index contributed by atoms with van der Waals surface area (Å²) in [6.45, 7) is 14.0. The van der Waals surface area contributed by atoms with Crippen molar-refractivity contribution >= 4 is 34.6 Å². The average Bonchev–Trinajstić information content (AvgIpc) is 3.96. The van der Waals surface area contributed by atoms with Crippen molar-refractivity contribution in [3.8, 4) is 11.4 Å². The van der Waals surface area contributed by atoms with Gasteiger partial charge in [-0.2, -0.15) is 66.4 Å². The van der Waals surface area contributed by atoms with Gasteiger partial charge in [0.25, 0.3) is 0 Å². The van der Waals surface area contributed by atoms with E-state index < -0.39 is 0 Å². The number of benzene rings is 2. The Kier molecular flexibility index (Phi) is 11.5. The van der Waals surface area contributed by atoms with E-state index in [1.807, 2.05) is 79.2 Å². The molecule has 0 saturated carbocycles. The second-order valence-electron chi connectivity index (χ2n) is 12.6. The molecule has 0 saturated heterocycles. The second-order valence-corrected chi connectivity index (χ2v) is 12.6. The minimum Gasteiger partial charge on any atom is -0.485 e. The van der Waals surface area contributed by atoms with Crippen LogP contribution in [0.2, 0.25) is 0 Å². The molecule has 2 aliphatic heterocycles. The molecule has 2 aromatic carbocycles. The zero-order valence-electron chi connectivity index (χ0n) is 29.7. The fraction of sp³-hybridized carbons (Fsp3) is 0.297. The van der Waals surface area contributed by atoms with Gasteiger partial charge in [0.1, 0.15) is 23.3 Å². The first-order valence-corrected chi connectivity index (χ1v) is 17.0. The molecule has 14 nitrogen and oxygen atoms in total. The molecule has 0 atom stereocenters. The molecule has 0 spiro atoms. The molecule has 15 heteroatoms. The minimum atomic E-state index is 0. The third-order valence-electron chi connectivity index (χ3n) is 8.22. The Labute approximate surface area is 318 Å². The van der Waals surface area contributed by atoms with Crippen LogP contribution in [0.15, 0.2) is 73.3 Å². The molecule has 0 bridgehead atoms. The number of hydrogen-bond acceptors (Lipinski definition) is 11. The normalized spacial score (nSPS) is 13.3. The number of para-hydroxylation sites is 2. The molecule has 0 N–H and O–H groups in total. The van der Waals surface area contributed by atoms with Crippen molar-refractivity contribution in [1.82, 2.24) is 44.8 Å². The number of aromatic nitrogens is 10. The third-order valence-corrected chi connectivity index (χ3v) is 8.22. The van der Waals surface area contributed by atoms with Crippen molar-refractivity contribution in [1.29, 1.82) is 0 Å². The maximum absolute atomic E-state index is 4.58. The summed E-state index contributed by atoms with van der Waals surface area (Å²) in [5.41, 5.74) is 3.37. The summed E-state index contributed by atoms with van der Waals surface area (Å²) < 4.78 is 5.22. The van der Waals surface area contributed by atoms with Gasteiger partial charge in [-0.15, -0.1) is 29.9 Å². The summed E-state index contributed by atoms with van der Waals surface area (Å²) in [6, 6.07) is 22.9. The van der Waals surface area contributed by atoms with Crippen molar-refractivity contribution in [2.24, 2.45) is 7.05 Å². The summed E-state index contributed by atoms with van der Waals surface area (Å²) in [6.07, 6.45) is 15.2. The van der Waals surface area contributed by atoms with Crippen molar-refractivity contribution in [2.75, 3.05) is 32.7 Å². The molecule has 0 aliphatic carbocycles. The Morgan fingerprint density at radius 1 is 0.731 bits per heavy atom. The fourth-order valence-corrected chi connectivity index (χ4v) is 5.61. The first-order chi connectivity index (χ1) is 24.9. The largest absolute Gasteiger partial charge is 0.485 e. The van der Waals surface area contributed by atoms with Crippen LogP contribution in [-0.2, 0) is 27.2 Å². The van der Waals surface area contributed by atoms with Crippen molar-refractivity contribution < 1.29 is 24.8 Å². The van der Waals surface area contributed by atoms with Crippen LogP contribution in [0.5, 0.6) is 0 Å².